The van der Waals surface area contributed by atoms with Crippen molar-refractivity contribution in [1.82, 2.24) is 0 Å². The first-order valence-corrected chi connectivity index (χ1v) is 4.22. The minimum atomic E-state index is -0.535. The maximum absolute atomic E-state index is 13.1. The molecule has 1 aliphatic rings. The number of fused-ring (bicyclic) bond motifs is 1. The molecule has 0 atom stereocenters. The normalized spacial score (nSPS) is 15.1. The molecule has 13 heavy (non-hydrogen) atoms. The molecular weight excluding hydrogens is 195 g/mol. The van der Waals surface area contributed by atoms with E-state index in [2.05, 4.69) is 0 Å². The largest absolute Gasteiger partial charge is 0.489 e. The van der Waals surface area contributed by atoms with E-state index in [-0.39, 0.29) is 35.1 Å². The van der Waals surface area contributed by atoms with E-state index in [4.69, 9.17) is 16.3 Å². The molecule has 4 heteroatoms. The lowest BCUT2D eigenvalue weighted by Crippen LogP contribution is -2.16. The fourth-order valence-corrected chi connectivity index (χ4v) is 1.56. The zero-order valence-electron chi connectivity index (χ0n) is 6.64. The average molecular weight is 201 g/mol. The smallest absolute Gasteiger partial charge is 0.171 e. The number of halogens is 2. The van der Waals surface area contributed by atoms with Crippen molar-refractivity contribution in [2.24, 2.45) is 0 Å². The van der Waals surface area contributed by atoms with Crippen LogP contribution < -0.4 is 4.74 Å². The fourth-order valence-electron chi connectivity index (χ4n) is 1.30. The third kappa shape index (κ3) is 1.29. The van der Waals surface area contributed by atoms with Crippen LogP contribution in [-0.4, -0.2) is 12.4 Å². The highest BCUT2D eigenvalue weighted by Crippen LogP contribution is 2.33. The monoisotopic (exact) mass is 200 g/mol. The van der Waals surface area contributed by atoms with Gasteiger partial charge < -0.3 is 4.74 Å². The zero-order chi connectivity index (χ0) is 9.42. The summed E-state index contributed by atoms with van der Waals surface area (Å²) in [5.41, 5.74) is 0.174. The number of ether oxygens (including phenoxy) is 1. The van der Waals surface area contributed by atoms with Gasteiger partial charge in [-0.1, -0.05) is 11.6 Å². The Morgan fingerprint density at radius 2 is 2.23 bits per heavy atom. The van der Waals surface area contributed by atoms with Gasteiger partial charge in [-0.3, -0.25) is 4.79 Å². The Morgan fingerprint density at radius 3 is 2.92 bits per heavy atom. The molecule has 2 nitrogen and oxygen atoms in total. The minimum absolute atomic E-state index is 0.0104. The molecule has 2 rings (SSSR count). The summed E-state index contributed by atoms with van der Waals surface area (Å²) in [5, 5.41) is 0.251. The van der Waals surface area contributed by atoms with Crippen LogP contribution in [0.25, 0.3) is 0 Å². The Hall–Kier alpha value is -1.09. The van der Waals surface area contributed by atoms with Crippen LogP contribution >= 0.6 is 11.6 Å². The first-order chi connectivity index (χ1) is 6.20. The molecule has 1 heterocycles. The molecule has 1 aromatic carbocycles. The number of benzene rings is 1. The Kier molecular flexibility index (Phi) is 1.96. The van der Waals surface area contributed by atoms with Crippen LogP contribution in [0.5, 0.6) is 5.75 Å². The average Bonchev–Trinajstić information content (AvgIpc) is 2.12. The second kappa shape index (κ2) is 3.00. The number of Topliss-reactive ketones (excluding diaryl/α,β-unsaturated/α-hetero) is 1. The first-order valence-electron chi connectivity index (χ1n) is 3.84. The standard InChI is InChI=1S/C9H6ClFO2/c10-5-1-2-6(11)9-8(5)7(12)3-4-13-9/h1-2H,3-4H2. The van der Waals surface area contributed by atoms with E-state index in [9.17, 15) is 9.18 Å². The highest BCUT2D eigenvalue weighted by Gasteiger charge is 2.24. The van der Waals surface area contributed by atoms with Gasteiger partial charge in [-0.2, -0.15) is 0 Å². The van der Waals surface area contributed by atoms with Crippen LogP contribution in [0.2, 0.25) is 5.02 Å². The van der Waals surface area contributed by atoms with Gasteiger partial charge in [0.05, 0.1) is 17.2 Å². The maximum atomic E-state index is 13.1. The second-order valence-corrected chi connectivity index (χ2v) is 3.16. The molecule has 68 valence electrons. The van der Waals surface area contributed by atoms with Gasteiger partial charge in [0.2, 0.25) is 0 Å². The summed E-state index contributed by atoms with van der Waals surface area (Å²) >= 11 is 5.74. The van der Waals surface area contributed by atoms with Gasteiger partial charge in [-0.25, -0.2) is 4.39 Å². The quantitative estimate of drug-likeness (QED) is 0.643. The molecule has 0 saturated carbocycles. The lowest BCUT2D eigenvalue weighted by molar-refractivity contribution is 0.0929. The summed E-state index contributed by atoms with van der Waals surface area (Å²) < 4.78 is 18.1. The van der Waals surface area contributed by atoms with Crippen molar-refractivity contribution in [1.29, 1.82) is 0 Å². The van der Waals surface area contributed by atoms with Crippen LogP contribution in [0.4, 0.5) is 4.39 Å². The maximum Gasteiger partial charge on any atom is 0.171 e. The van der Waals surface area contributed by atoms with Gasteiger partial charge in [-0.05, 0) is 12.1 Å². The lowest BCUT2D eigenvalue weighted by atomic mass is 10.0. The van der Waals surface area contributed by atoms with Crippen LogP contribution in [0.15, 0.2) is 12.1 Å². The van der Waals surface area contributed by atoms with Crippen LogP contribution in [-0.2, 0) is 0 Å². The highest BCUT2D eigenvalue weighted by atomic mass is 35.5. The summed E-state index contributed by atoms with van der Waals surface area (Å²) in [5.74, 6) is -0.707. The number of hydrogen-bond donors (Lipinski definition) is 0. The Balaban J connectivity index is 2.67. The van der Waals surface area contributed by atoms with Crippen molar-refractivity contribution in [2.45, 2.75) is 6.42 Å². The molecule has 0 amide bonds. The Labute approximate surface area is 79.3 Å². The molecular formula is C9H6ClFO2. The Morgan fingerprint density at radius 1 is 1.46 bits per heavy atom. The van der Waals surface area contributed by atoms with Crippen molar-refractivity contribution < 1.29 is 13.9 Å². The van der Waals surface area contributed by atoms with E-state index in [1.54, 1.807) is 0 Å². The van der Waals surface area contributed by atoms with Crippen LogP contribution in [0.1, 0.15) is 16.8 Å². The molecule has 0 saturated heterocycles. The minimum Gasteiger partial charge on any atom is -0.489 e. The molecule has 1 aromatic rings. The molecule has 0 fully saturated rings. The molecule has 0 radical (unpaired) electrons. The second-order valence-electron chi connectivity index (χ2n) is 2.75. The van der Waals surface area contributed by atoms with Crippen molar-refractivity contribution >= 4 is 17.4 Å². The summed E-state index contributed by atoms with van der Waals surface area (Å²) in [6.07, 6.45) is 0.260. The van der Waals surface area contributed by atoms with Gasteiger partial charge in [0.25, 0.3) is 0 Å². The topological polar surface area (TPSA) is 26.3 Å². The molecule has 0 aromatic heterocycles. The number of ketones is 1. The van der Waals surface area contributed by atoms with E-state index in [1.165, 1.54) is 12.1 Å². The fraction of sp³-hybridized carbons (Fsp3) is 0.222. The van der Waals surface area contributed by atoms with E-state index >= 15 is 0 Å². The molecule has 0 aliphatic carbocycles. The number of carbonyl (C=O) groups is 1. The van der Waals surface area contributed by atoms with Gasteiger partial charge in [0.1, 0.15) is 0 Å². The molecule has 0 unspecified atom stereocenters. The van der Waals surface area contributed by atoms with Crippen LogP contribution in [0, 0.1) is 5.82 Å². The molecule has 0 spiro atoms. The predicted molar refractivity (Wildman–Crippen MR) is 45.9 cm³/mol. The summed E-state index contributed by atoms with van der Waals surface area (Å²) in [6.45, 7) is 0.225. The van der Waals surface area contributed by atoms with Crippen molar-refractivity contribution in [3.8, 4) is 5.75 Å². The number of carbonyl (C=O) groups excluding carboxylic acids is 1. The zero-order valence-corrected chi connectivity index (χ0v) is 7.40. The number of rotatable bonds is 0. The van der Waals surface area contributed by atoms with Gasteiger partial charge in [0, 0.05) is 6.42 Å². The summed E-state index contributed by atoms with van der Waals surface area (Å²) in [4.78, 5) is 11.3. The van der Waals surface area contributed by atoms with Crippen molar-refractivity contribution in [3.63, 3.8) is 0 Å². The van der Waals surface area contributed by atoms with E-state index in [0.717, 1.165) is 0 Å². The molecule has 1 aliphatic heterocycles. The van der Waals surface area contributed by atoms with Crippen molar-refractivity contribution in [3.05, 3.63) is 28.5 Å². The van der Waals surface area contributed by atoms with Crippen molar-refractivity contribution in [2.75, 3.05) is 6.61 Å². The summed E-state index contributed by atoms with van der Waals surface area (Å²) in [7, 11) is 0. The third-order valence-electron chi connectivity index (χ3n) is 1.91. The Bertz CT molecular complexity index is 376. The van der Waals surface area contributed by atoms with Crippen LogP contribution in [0.3, 0.4) is 0 Å². The molecule has 0 N–H and O–H groups in total. The van der Waals surface area contributed by atoms with Gasteiger partial charge in [0.15, 0.2) is 17.3 Å². The number of hydrogen-bond acceptors (Lipinski definition) is 2. The van der Waals surface area contributed by atoms with E-state index in [1.807, 2.05) is 0 Å². The van der Waals surface area contributed by atoms with E-state index < -0.39 is 5.82 Å². The summed E-state index contributed by atoms with van der Waals surface area (Å²) in [6, 6.07) is 2.56. The lowest BCUT2D eigenvalue weighted by Gasteiger charge is -2.17. The highest BCUT2D eigenvalue weighted by molar-refractivity contribution is 6.34. The predicted octanol–water partition coefficient (Wildman–Crippen LogP) is 2.44. The molecule has 0 bridgehead atoms. The van der Waals surface area contributed by atoms with Gasteiger partial charge >= 0.3 is 0 Å². The first kappa shape index (κ1) is 8.51. The van der Waals surface area contributed by atoms with E-state index in [0.29, 0.717) is 0 Å². The SMILES string of the molecule is O=C1CCOc2c(F)ccc(Cl)c21. The van der Waals surface area contributed by atoms with Gasteiger partial charge in [-0.15, -0.1) is 0 Å². The third-order valence-corrected chi connectivity index (χ3v) is 2.23.